The Kier molecular flexibility index (Phi) is 15.6. The highest BCUT2D eigenvalue weighted by Gasteiger charge is 2.07. The van der Waals surface area contributed by atoms with Crippen LogP contribution in [0.25, 0.3) is 0 Å². The van der Waals surface area contributed by atoms with Crippen molar-refractivity contribution < 1.29 is 14.4 Å². The van der Waals surface area contributed by atoms with Crippen molar-refractivity contribution >= 4 is 18.6 Å². The molecular formula is C19H33N3O3. The molecule has 0 aliphatic carbocycles. The Morgan fingerprint density at radius 1 is 1.32 bits per heavy atom. The number of nitrogens with one attached hydrogen (secondary N) is 1. The highest BCUT2D eigenvalue weighted by atomic mass is 16.2. The van der Waals surface area contributed by atoms with E-state index in [9.17, 15) is 14.4 Å². The summed E-state index contributed by atoms with van der Waals surface area (Å²) < 4.78 is 0. The largest absolute Gasteiger partial charge is 0.327 e. The zero-order valence-corrected chi connectivity index (χ0v) is 16.2. The molecule has 0 spiro atoms. The van der Waals surface area contributed by atoms with E-state index in [0.29, 0.717) is 31.0 Å². The first-order chi connectivity index (χ1) is 11.8. The number of allylic oxidation sites excluding steroid dienone is 4. The number of carbonyl (C=O) groups excluding carboxylic acids is 3. The van der Waals surface area contributed by atoms with Crippen molar-refractivity contribution in [2.75, 3.05) is 20.6 Å². The first kappa shape index (κ1) is 25.2. The molecule has 2 amide bonds. The van der Waals surface area contributed by atoms with Crippen LogP contribution in [0.1, 0.15) is 40.0 Å². The van der Waals surface area contributed by atoms with Crippen molar-refractivity contribution in [2.24, 2.45) is 5.73 Å². The van der Waals surface area contributed by atoms with Gasteiger partial charge < -0.3 is 10.6 Å². The van der Waals surface area contributed by atoms with Crippen LogP contribution >= 0.6 is 0 Å². The first-order valence-electron chi connectivity index (χ1n) is 8.34. The molecule has 6 nitrogen and oxygen atoms in total. The molecule has 0 rings (SSSR count). The molecule has 0 saturated carbocycles. The van der Waals surface area contributed by atoms with E-state index in [1.807, 2.05) is 45.8 Å². The fourth-order valence-corrected chi connectivity index (χ4v) is 1.62. The van der Waals surface area contributed by atoms with Crippen molar-refractivity contribution in [1.82, 2.24) is 10.2 Å². The van der Waals surface area contributed by atoms with Gasteiger partial charge in [-0.15, -0.1) is 0 Å². The molecule has 142 valence electrons. The quantitative estimate of drug-likeness (QED) is 0.357. The van der Waals surface area contributed by atoms with Crippen LogP contribution < -0.4 is 11.1 Å². The zero-order valence-electron chi connectivity index (χ0n) is 16.2. The lowest BCUT2D eigenvalue weighted by Gasteiger charge is -2.18. The number of hydrogen-bond donors (Lipinski definition) is 2. The molecule has 0 heterocycles. The van der Waals surface area contributed by atoms with Gasteiger partial charge in [-0.05, 0) is 46.4 Å². The molecule has 6 heteroatoms. The summed E-state index contributed by atoms with van der Waals surface area (Å²) in [6.45, 7) is 10.0. The maximum Gasteiger partial charge on any atom is 0.226 e. The summed E-state index contributed by atoms with van der Waals surface area (Å²) in [7, 11) is 3.92. The molecule has 25 heavy (non-hydrogen) atoms. The van der Waals surface area contributed by atoms with Gasteiger partial charge in [-0.3, -0.25) is 19.7 Å². The van der Waals surface area contributed by atoms with E-state index in [4.69, 9.17) is 5.73 Å². The number of carbonyl (C=O) groups is 3. The van der Waals surface area contributed by atoms with E-state index in [2.05, 4.69) is 11.9 Å². The SMILES string of the molecule is C=C/C(C)=C(C=O)/C=C(/CC)CN.CC(CCC(=O)NC=O)N(C)C. The van der Waals surface area contributed by atoms with Crippen LogP contribution in [0.4, 0.5) is 0 Å². The monoisotopic (exact) mass is 351 g/mol. The second-order valence-corrected chi connectivity index (χ2v) is 5.86. The first-order valence-corrected chi connectivity index (χ1v) is 8.34. The molecule has 0 saturated heterocycles. The van der Waals surface area contributed by atoms with Crippen LogP contribution in [0.3, 0.4) is 0 Å². The topological polar surface area (TPSA) is 92.5 Å². The molecule has 0 aromatic carbocycles. The minimum absolute atomic E-state index is 0.210. The third-order valence-electron chi connectivity index (χ3n) is 3.86. The van der Waals surface area contributed by atoms with Gasteiger partial charge in [-0.2, -0.15) is 0 Å². The van der Waals surface area contributed by atoms with Gasteiger partial charge in [0.05, 0.1) is 0 Å². The van der Waals surface area contributed by atoms with Crippen LogP contribution in [-0.2, 0) is 14.4 Å². The fourth-order valence-electron chi connectivity index (χ4n) is 1.62. The lowest BCUT2D eigenvalue weighted by molar-refractivity contribution is -0.125. The lowest BCUT2D eigenvalue weighted by atomic mass is 10.1. The maximum absolute atomic E-state index is 10.8. The van der Waals surface area contributed by atoms with Gasteiger partial charge >= 0.3 is 0 Å². The summed E-state index contributed by atoms with van der Waals surface area (Å²) in [5.74, 6) is -0.210. The Labute approximate surface area is 151 Å². The van der Waals surface area contributed by atoms with E-state index >= 15 is 0 Å². The molecular weight excluding hydrogens is 318 g/mol. The van der Waals surface area contributed by atoms with Crippen LogP contribution in [0, 0.1) is 0 Å². The Bertz CT molecular complexity index is 488. The van der Waals surface area contributed by atoms with Crippen molar-refractivity contribution in [2.45, 2.75) is 46.1 Å². The summed E-state index contributed by atoms with van der Waals surface area (Å²) >= 11 is 0. The number of hydrogen-bond acceptors (Lipinski definition) is 5. The Morgan fingerprint density at radius 3 is 2.28 bits per heavy atom. The smallest absolute Gasteiger partial charge is 0.226 e. The van der Waals surface area contributed by atoms with Crippen molar-refractivity contribution in [3.8, 4) is 0 Å². The predicted molar refractivity (Wildman–Crippen MR) is 103 cm³/mol. The van der Waals surface area contributed by atoms with Gasteiger partial charge in [-0.25, -0.2) is 0 Å². The summed E-state index contributed by atoms with van der Waals surface area (Å²) in [5.41, 5.74) is 8.12. The number of nitrogens with two attached hydrogens (primary N) is 1. The highest BCUT2D eigenvalue weighted by molar-refractivity contribution is 5.85. The third-order valence-corrected chi connectivity index (χ3v) is 3.86. The number of amides is 2. The van der Waals surface area contributed by atoms with Crippen LogP contribution in [0.15, 0.2) is 35.5 Å². The summed E-state index contributed by atoms with van der Waals surface area (Å²) in [6, 6.07) is 0.363. The summed E-state index contributed by atoms with van der Waals surface area (Å²) in [6.07, 6.45) is 6.81. The molecule has 0 aromatic rings. The van der Waals surface area contributed by atoms with Gasteiger partial charge in [0.2, 0.25) is 12.3 Å². The van der Waals surface area contributed by atoms with Crippen LogP contribution in [0.5, 0.6) is 0 Å². The van der Waals surface area contributed by atoms with Gasteiger partial charge in [-0.1, -0.05) is 31.2 Å². The summed E-state index contributed by atoms with van der Waals surface area (Å²) in [5, 5.41) is 2.10. The van der Waals surface area contributed by atoms with E-state index in [1.54, 1.807) is 6.08 Å². The predicted octanol–water partition coefficient (Wildman–Crippen LogP) is 1.97. The van der Waals surface area contributed by atoms with Crippen LogP contribution in [-0.4, -0.2) is 50.2 Å². The van der Waals surface area contributed by atoms with Crippen LogP contribution in [0.2, 0.25) is 0 Å². The highest BCUT2D eigenvalue weighted by Crippen LogP contribution is 2.08. The van der Waals surface area contributed by atoms with Gasteiger partial charge in [0.1, 0.15) is 6.29 Å². The van der Waals surface area contributed by atoms with Gasteiger partial charge in [0.15, 0.2) is 0 Å². The Balaban J connectivity index is 0. The lowest BCUT2D eigenvalue weighted by Crippen LogP contribution is -2.28. The average Bonchev–Trinajstić information content (AvgIpc) is 2.60. The van der Waals surface area contributed by atoms with E-state index in [1.165, 1.54) is 0 Å². The normalized spacial score (nSPS) is 13.2. The second-order valence-electron chi connectivity index (χ2n) is 5.86. The van der Waals surface area contributed by atoms with Crippen molar-refractivity contribution in [3.05, 3.63) is 35.5 Å². The standard InChI is InChI=1S/C11H17NO.C8H16N2O2/c1-4-9(3)11(8-13)6-10(5-2)7-12;1-7(10(2)3)4-5-8(12)9-6-11/h4,6,8H,1,5,7,12H2,2-3H3;6-7H,4-5H2,1-3H3,(H,9,11,12)/b10-6-,11-9-;. The van der Waals surface area contributed by atoms with Crippen molar-refractivity contribution in [3.63, 3.8) is 0 Å². The molecule has 0 bridgehead atoms. The fraction of sp³-hybridized carbons (Fsp3) is 0.526. The number of aldehydes is 1. The Morgan fingerprint density at radius 2 is 1.92 bits per heavy atom. The number of imide groups is 1. The molecule has 0 fully saturated rings. The molecule has 0 aliphatic rings. The maximum atomic E-state index is 10.8. The minimum atomic E-state index is -0.210. The minimum Gasteiger partial charge on any atom is -0.327 e. The molecule has 3 N–H and O–H groups in total. The van der Waals surface area contributed by atoms with E-state index in [-0.39, 0.29) is 5.91 Å². The molecule has 0 aromatic heterocycles. The number of rotatable bonds is 10. The molecule has 1 atom stereocenters. The van der Waals surface area contributed by atoms with E-state index < -0.39 is 0 Å². The van der Waals surface area contributed by atoms with Gasteiger partial charge in [0, 0.05) is 24.6 Å². The summed E-state index contributed by atoms with van der Waals surface area (Å²) in [4.78, 5) is 33.4. The molecule has 1 unspecified atom stereocenters. The van der Waals surface area contributed by atoms with Crippen molar-refractivity contribution in [1.29, 1.82) is 0 Å². The van der Waals surface area contributed by atoms with E-state index in [0.717, 1.165) is 30.3 Å². The second kappa shape index (κ2) is 15.5. The molecule has 0 aliphatic heterocycles. The van der Waals surface area contributed by atoms with Gasteiger partial charge in [0.25, 0.3) is 0 Å². The zero-order chi connectivity index (χ0) is 19.8. The molecule has 0 radical (unpaired) electrons. The third kappa shape index (κ3) is 13.0. The Hall–Kier alpha value is -2.05. The number of nitrogens with zero attached hydrogens (tertiary/aromatic N) is 1. The average molecular weight is 351 g/mol.